The standard InChI is InChI=1S/C9H17O5P/c1-4-13-15(11,14-5-2)8-6-7-9(10)12-3/h6-8,10H,4-5H2,1-3H3/b8-6?,9-7+. The number of hydrogen-bond donors (Lipinski definition) is 1. The number of methoxy groups -OCH3 is 1. The fourth-order valence-electron chi connectivity index (χ4n) is 0.782. The first-order valence-electron chi connectivity index (χ1n) is 4.59. The van der Waals surface area contributed by atoms with E-state index < -0.39 is 7.60 Å². The van der Waals surface area contributed by atoms with E-state index in [0.29, 0.717) is 13.2 Å². The summed E-state index contributed by atoms with van der Waals surface area (Å²) in [5.41, 5.74) is 0. The fraction of sp³-hybridized carbons (Fsp3) is 0.556. The van der Waals surface area contributed by atoms with Gasteiger partial charge in [-0.05, 0) is 19.9 Å². The Morgan fingerprint density at radius 2 is 1.87 bits per heavy atom. The Bertz CT molecular complexity index is 262. The molecule has 0 unspecified atom stereocenters. The zero-order valence-electron chi connectivity index (χ0n) is 9.17. The summed E-state index contributed by atoms with van der Waals surface area (Å²) in [5.74, 6) is 1.00. The van der Waals surface area contributed by atoms with Gasteiger partial charge in [0.1, 0.15) is 0 Å². The molecular weight excluding hydrogens is 219 g/mol. The molecule has 0 aromatic heterocycles. The molecule has 0 saturated heterocycles. The molecule has 0 bridgehead atoms. The smallest absolute Gasteiger partial charge is 0.354 e. The molecule has 0 saturated carbocycles. The molecule has 88 valence electrons. The van der Waals surface area contributed by atoms with E-state index >= 15 is 0 Å². The maximum Gasteiger partial charge on any atom is 0.354 e. The second-order valence-corrected chi connectivity index (χ2v) is 4.32. The third-order valence-corrected chi connectivity index (χ3v) is 3.11. The lowest BCUT2D eigenvalue weighted by molar-refractivity contribution is 0.136. The van der Waals surface area contributed by atoms with E-state index in [-0.39, 0.29) is 5.95 Å². The van der Waals surface area contributed by atoms with Gasteiger partial charge in [0, 0.05) is 11.9 Å². The van der Waals surface area contributed by atoms with Crippen LogP contribution in [0.1, 0.15) is 13.8 Å². The number of allylic oxidation sites excluding steroid dienone is 2. The van der Waals surface area contributed by atoms with Gasteiger partial charge >= 0.3 is 7.60 Å². The van der Waals surface area contributed by atoms with E-state index in [9.17, 15) is 4.57 Å². The third-order valence-electron chi connectivity index (χ3n) is 1.33. The largest absolute Gasteiger partial charge is 0.481 e. The van der Waals surface area contributed by atoms with Crippen LogP contribution in [0.5, 0.6) is 0 Å². The zero-order valence-corrected chi connectivity index (χ0v) is 10.1. The summed E-state index contributed by atoms with van der Waals surface area (Å²) in [6.45, 7) is 4.03. The molecule has 0 aromatic carbocycles. The molecule has 0 aromatic rings. The molecule has 15 heavy (non-hydrogen) atoms. The quantitative estimate of drug-likeness (QED) is 0.418. The second kappa shape index (κ2) is 7.51. The zero-order chi connectivity index (χ0) is 11.7. The van der Waals surface area contributed by atoms with Crippen LogP contribution in [0, 0.1) is 0 Å². The maximum absolute atomic E-state index is 11.8. The van der Waals surface area contributed by atoms with E-state index in [0.717, 1.165) is 0 Å². The Morgan fingerprint density at radius 3 is 2.27 bits per heavy atom. The van der Waals surface area contributed by atoms with E-state index in [1.54, 1.807) is 13.8 Å². The van der Waals surface area contributed by atoms with Crippen LogP contribution in [-0.2, 0) is 18.3 Å². The van der Waals surface area contributed by atoms with Crippen LogP contribution in [0.3, 0.4) is 0 Å². The van der Waals surface area contributed by atoms with Crippen molar-refractivity contribution in [2.45, 2.75) is 13.8 Å². The highest BCUT2D eigenvalue weighted by molar-refractivity contribution is 7.57. The minimum Gasteiger partial charge on any atom is -0.481 e. The van der Waals surface area contributed by atoms with Gasteiger partial charge in [0.25, 0.3) is 5.95 Å². The van der Waals surface area contributed by atoms with Crippen molar-refractivity contribution in [2.75, 3.05) is 20.3 Å². The summed E-state index contributed by atoms with van der Waals surface area (Å²) in [7, 11) is -1.85. The molecule has 0 fully saturated rings. The van der Waals surface area contributed by atoms with Gasteiger partial charge in [-0.3, -0.25) is 4.57 Å². The molecule has 0 rings (SSSR count). The highest BCUT2D eigenvalue weighted by atomic mass is 31.2. The molecule has 0 atom stereocenters. The average Bonchev–Trinajstić information content (AvgIpc) is 2.18. The van der Waals surface area contributed by atoms with Crippen LogP contribution >= 0.6 is 7.60 Å². The summed E-state index contributed by atoms with van der Waals surface area (Å²) in [6, 6.07) is 0. The van der Waals surface area contributed by atoms with Gasteiger partial charge in [-0.2, -0.15) is 0 Å². The van der Waals surface area contributed by atoms with Gasteiger partial charge in [-0.25, -0.2) is 0 Å². The van der Waals surface area contributed by atoms with Gasteiger partial charge < -0.3 is 18.9 Å². The van der Waals surface area contributed by atoms with Gasteiger partial charge in [0.2, 0.25) is 0 Å². The number of hydrogen-bond acceptors (Lipinski definition) is 5. The van der Waals surface area contributed by atoms with Gasteiger partial charge in [0.05, 0.1) is 20.3 Å². The van der Waals surface area contributed by atoms with E-state index in [4.69, 9.17) is 14.2 Å². The van der Waals surface area contributed by atoms with E-state index in [1.165, 1.54) is 25.1 Å². The van der Waals surface area contributed by atoms with Crippen molar-refractivity contribution in [1.82, 2.24) is 0 Å². The van der Waals surface area contributed by atoms with Crippen molar-refractivity contribution in [1.29, 1.82) is 0 Å². The molecule has 1 N–H and O–H groups in total. The van der Waals surface area contributed by atoms with Crippen molar-refractivity contribution >= 4 is 7.60 Å². The lowest BCUT2D eigenvalue weighted by atomic mass is 10.6. The third kappa shape index (κ3) is 6.33. The average molecular weight is 236 g/mol. The van der Waals surface area contributed by atoms with Crippen molar-refractivity contribution in [2.24, 2.45) is 0 Å². The maximum atomic E-state index is 11.8. The Kier molecular flexibility index (Phi) is 7.13. The molecule has 0 spiro atoms. The molecule has 0 aliphatic rings. The van der Waals surface area contributed by atoms with Gasteiger partial charge in [-0.1, -0.05) is 0 Å². The Balaban J connectivity index is 4.47. The molecule has 0 heterocycles. The van der Waals surface area contributed by atoms with Crippen LogP contribution < -0.4 is 0 Å². The highest BCUT2D eigenvalue weighted by Gasteiger charge is 2.18. The Morgan fingerprint density at radius 1 is 1.33 bits per heavy atom. The van der Waals surface area contributed by atoms with Crippen molar-refractivity contribution in [3.8, 4) is 0 Å². The Hall–Kier alpha value is -0.770. The monoisotopic (exact) mass is 236 g/mol. The van der Waals surface area contributed by atoms with Crippen molar-refractivity contribution in [3.63, 3.8) is 0 Å². The first-order valence-corrected chi connectivity index (χ1v) is 6.20. The van der Waals surface area contributed by atoms with E-state index in [2.05, 4.69) is 4.74 Å². The summed E-state index contributed by atoms with van der Waals surface area (Å²) >= 11 is 0. The van der Waals surface area contributed by atoms with Crippen LogP contribution in [-0.4, -0.2) is 25.4 Å². The summed E-state index contributed by atoms with van der Waals surface area (Å²) < 4.78 is 26.2. The Labute approximate surface area is 89.9 Å². The molecule has 0 aliphatic heterocycles. The SMILES string of the molecule is CCOP(=O)(C=C/C=C(\O)OC)OCC. The number of rotatable bonds is 7. The van der Waals surface area contributed by atoms with Crippen LogP contribution in [0.4, 0.5) is 0 Å². The van der Waals surface area contributed by atoms with E-state index in [1.807, 2.05) is 0 Å². The van der Waals surface area contributed by atoms with Crippen molar-refractivity contribution in [3.05, 3.63) is 23.9 Å². The first kappa shape index (κ1) is 14.2. The summed E-state index contributed by atoms with van der Waals surface area (Å²) in [5, 5.41) is 8.93. The topological polar surface area (TPSA) is 65.0 Å². The molecule has 6 heteroatoms. The molecular formula is C9H17O5P. The molecule has 0 aliphatic carbocycles. The lowest BCUT2D eigenvalue weighted by Gasteiger charge is -2.11. The minimum absolute atomic E-state index is 0.272. The van der Waals surface area contributed by atoms with Crippen molar-refractivity contribution < 1.29 is 23.5 Å². The predicted octanol–water partition coefficient (Wildman–Crippen LogP) is 2.81. The van der Waals surface area contributed by atoms with Crippen LogP contribution in [0.2, 0.25) is 0 Å². The van der Waals surface area contributed by atoms with Crippen LogP contribution in [0.25, 0.3) is 0 Å². The minimum atomic E-state index is -3.18. The van der Waals surface area contributed by atoms with Gasteiger partial charge in [0.15, 0.2) is 0 Å². The molecule has 0 amide bonds. The second-order valence-electron chi connectivity index (χ2n) is 2.43. The van der Waals surface area contributed by atoms with Crippen LogP contribution in [0.15, 0.2) is 23.9 Å². The fourth-order valence-corrected chi connectivity index (χ4v) is 2.05. The molecule has 0 radical (unpaired) electrons. The number of aliphatic hydroxyl groups is 1. The first-order chi connectivity index (χ1) is 7.08. The lowest BCUT2D eigenvalue weighted by Crippen LogP contribution is -1.92. The van der Waals surface area contributed by atoms with Gasteiger partial charge in [-0.15, -0.1) is 0 Å². The normalized spacial score (nSPS) is 13.4. The summed E-state index contributed by atoms with van der Waals surface area (Å²) in [4.78, 5) is 0. The molecule has 5 nitrogen and oxygen atoms in total. The number of aliphatic hydroxyl groups excluding tert-OH is 1. The highest BCUT2D eigenvalue weighted by Crippen LogP contribution is 2.49. The summed E-state index contributed by atoms with van der Waals surface area (Å²) in [6.07, 6.45) is 2.62. The predicted molar refractivity (Wildman–Crippen MR) is 57.7 cm³/mol. The number of ether oxygens (including phenoxy) is 1.